The van der Waals surface area contributed by atoms with Crippen LogP contribution in [0.15, 0.2) is 65.5 Å². The Hall–Kier alpha value is -4.46. The van der Waals surface area contributed by atoms with E-state index in [4.69, 9.17) is 4.98 Å². The molecule has 1 amide bonds. The predicted molar refractivity (Wildman–Crippen MR) is 144 cm³/mol. The quantitative estimate of drug-likeness (QED) is 0.327. The van der Waals surface area contributed by atoms with E-state index in [9.17, 15) is 19.5 Å². The van der Waals surface area contributed by atoms with E-state index in [1.807, 2.05) is 50.2 Å². The summed E-state index contributed by atoms with van der Waals surface area (Å²) in [5.74, 6) is -0.367. The van der Waals surface area contributed by atoms with Gasteiger partial charge in [-0.2, -0.15) is 0 Å². The minimum absolute atomic E-state index is 0.0370. The molecule has 1 aliphatic rings. The molecule has 5 rings (SSSR count). The summed E-state index contributed by atoms with van der Waals surface area (Å²) in [5.41, 5.74) is 4.20. The second-order valence-electron chi connectivity index (χ2n) is 9.61. The van der Waals surface area contributed by atoms with Crippen LogP contribution < -0.4 is 16.2 Å². The first kappa shape index (κ1) is 24.2. The smallest absolute Gasteiger partial charge is 0.337 e. The molecule has 8 heteroatoms. The number of carboxylic acid groups (broad SMARTS) is 1. The van der Waals surface area contributed by atoms with Crippen molar-refractivity contribution >= 4 is 34.2 Å². The highest BCUT2D eigenvalue weighted by atomic mass is 16.4. The molecule has 0 aliphatic heterocycles. The molecule has 188 valence electrons. The zero-order valence-corrected chi connectivity index (χ0v) is 20.9. The number of benzene rings is 3. The molecule has 3 N–H and O–H groups in total. The number of aryl methyl sites for hydroxylation is 1. The molecule has 0 unspecified atom stereocenters. The Balaban J connectivity index is 1.55. The Morgan fingerprint density at radius 1 is 1.08 bits per heavy atom. The van der Waals surface area contributed by atoms with Gasteiger partial charge in [0.05, 0.1) is 22.5 Å². The number of anilines is 2. The number of nitrogens with zero attached hydrogens (tertiary/aromatic N) is 2. The van der Waals surface area contributed by atoms with Crippen LogP contribution in [0.5, 0.6) is 0 Å². The number of carbonyl (C=O) groups is 2. The van der Waals surface area contributed by atoms with Gasteiger partial charge >= 0.3 is 5.97 Å². The van der Waals surface area contributed by atoms with Gasteiger partial charge in [-0.25, -0.2) is 9.78 Å². The second kappa shape index (κ2) is 9.54. The lowest BCUT2D eigenvalue weighted by Crippen LogP contribution is -2.22. The Kier molecular flexibility index (Phi) is 6.25. The van der Waals surface area contributed by atoms with E-state index >= 15 is 0 Å². The van der Waals surface area contributed by atoms with Gasteiger partial charge in [0.15, 0.2) is 0 Å². The Bertz CT molecular complexity index is 1590. The summed E-state index contributed by atoms with van der Waals surface area (Å²) >= 11 is 0. The van der Waals surface area contributed by atoms with Crippen molar-refractivity contribution in [3.8, 4) is 11.4 Å². The van der Waals surface area contributed by atoms with Crippen molar-refractivity contribution in [1.29, 1.82) is 0 Å². The fourth-order valence-corrected chi connectivity index (χ4v) is 4.54. The Morgan fingerprint density at radius 3 is 2.46 bits per heavy atom. The van der Waals surface area contributed by atoms with Crippen molar-refractivity contribution in [3.05, 3.63) is 87.7 Å². The van der Waals surface area contributed by atoms with Crippen molar-refractivity contribution in [2.24, 2.45) is 13.0 Å². The largest absolute Gasteiger partial charge is 0.478 e. The molecule has 0 spiro atoms. The number of aromatic carboxylic acids is 1. The fourth-order valence-electron chi connectivity index (χ4n) is 4.54. The van der Waals surface area contributed by atoms with Gasteiger partial charge in [0.1, 0.15) is 5.82 Å². The lowest BCUT2D eigenvalue weighted by Gasteiger charge is -2.20. The number of nitrogens with one attached hydrogen (secondary N) is 2. The first-order valence-electron chi connectivity index (χ1n) is 12.2. The molecule has 0 radical (unpaired) electrons. The zero-order chi connectivity index (χ0) is 26.3. The third-order valence-corrected chi connectivity index (χ3v) is 6.71. The average molecular weight is 497 g/mol. The zero-order valence-electron chi connectivity index (χ0n) is 20.9. The molecule has 1 saturated carbocycles. The number of hydrogen-bond donors (Lipinski definition) is 3. The first-order chi connectivity index (χ1) is 17.7. The standard InChI is InChI=1S/C29H28N4O4/c1-16-14-22(17(2)30-24-7-5-4-6-21(24)29(36)37)25-23(15-16)28(35)33(3)26(32-25)18-10-12-20(13-11-18)31-27(34)19-8-9-19/h4-7,10-15,17,19,30H,8-9H2,1-3H3,(H,31,34)(H,36,37)/t17-/m1/s1. The number of rotatable bonds is 7. The van der Waals surface area contributed by atoms with Crippen LogP contribution in [0.1, 0.15) is 47.3 Å². The predicted octanol–water partition coefficient (Wildman–Crippen LogP) is 5.13. The van der Waals surface area contributed by atoms with E-state index in [-0.39, 0.29) is 29.0 Å². The SMILES string of the molecule is Cc1cc([C@@H](C)Nc2ccccc2C(=O)O)c2nc(-c3ccc(NC(=O)C4CC4)cc3)n(C)c(=O)c2c1. The summed E-state index contributed by atoms with van der Waals surface area (Å²) in [6, 6.07) is 17.5. The summed E-state index contributed by atoms with van der Waals surface area (Å²) in [5, 5.41) is 16.3. The van der Waals surface area contributed by atoms with Crippen LogP contribution >= 0.6 is 0 Å². The van der Waals surface area contributed by atoms with Crippen LogP contribution in [0, 0.1) is 12.8 Å². The summed E-state index contributed by atoms with van der Waals surface area (Å²) in [6.45, 7) is 3.84. The van der Waals surface area contributed by atoms with Gasteiger partial charge in [-0.05, 0) is 74.7 Å². The number of fused-ring (bicyclic) bond motifs is 1. The molecule has 1 aromatic heterocycles. The lowest BCUT2D eigenvalue weighted by atomic mass is 10.00. The third kappa shape index (κ3) is 4.82. The fraction of sp³-hybridized carbons (Fsp3) is 0.241. The molecule has 1 heterocycles. The monoisotopic (exact) mass is 496 g/mol. The van der Waals surface area contributed by atoms with Crippen LogP contribution in [0.4, 0.5) is 11.4 Å². The summed E-state index contributed by atoms with van der Waals surface area (Å²) < 4.78 is 1.53. The van der Waals surface area contributed by atoms with Crippen LogP contribution in [-0.4, -0.2) is 26.5 Å². The summed E-state index contributed by atoms with van der Waals surface area (Å²) in [7, 11) is 1.69. The highest BCUT2D eigenvalue weighted by Crippen LogP contribution is 2.31. The molecule has 1 aliphatic carbocycles. The van der Waals surface area contributed by atoms with Gasteiger partial charge in [0.2, 0.25) is 5.91 Å². The van der Waals surface area contributed by atoms with Crippen LogP contribution in [0.2, 0.25) is 0 Å². The molecule has 4 aromatic rings. The molecule has 8 nitrogen and oxygen atoms in total. The number of amides is 1. The number of carbonyl (C=O) groups excluding carboxylic acids is 1. The number of para-hydroxylation sites is 1. The highest BCUT2D eigenvalue weighted by molar-refractivity contribution is 5.95. The topological polar surface area (TPSA) is 113 Å². The first-order valence-corrected chi connectivity index (χ1v) is 12.2. The number of aromatic nitrogens is 2. The summed E-state index contributed by atoms with van der Waals surface area (Å²) in [4.78, 5) is 42.1. The van der Waals surface area contributed by atoms with Crippen LogP contribution in [-0.2, 0) is 11.8 Å². The van der Waals surface area contributed by atoms with Crippen molar-refractivity contribution in [2.75, 3.05) is 10.6 Å². The van der Waals surface area contributed by atoms with Gasteiger partial charge in [-0.1, -0.05) is 18.2 Å². The molecular weight excluding hydrogens is 468 g/mol. The molecule has 0 bridgehead atoms. The number of hydrogen-bond acceptors (Lipinski definition) is 5. The maximum Gasteiger partial charge on any atom is 0.337 e. The maximum atomic E-state index is 13.4. The van der Waals surface area contributed by atoms with Gasteiger partial charge in [-0.15, -0.1) is 0 Å². The molecule has 0 saturated heterocycles. The van der Waals surface area contributed by atoms with Gasteiger partial charge in [0.25, 0.3) is 5.56 Å². The Labute approximate surface area is 214 Å². The molecular formula is C29H28N4O4. The van der Waals surface area contributed by atoms with Gasteiger partial charge in [-0.3, -0.25) is 14.2 Å². The molecule has 3 aromatic carbocycles. The number of carboxylic acids is 1. The molecule has 1 atom stereocenters. The van der Waals surface area contributed by atoms with Gasteiger partial charge < -0.3 is 15.7 Å². The lowest BCUT2D eigenvalue weighted by molar-refractivity contribution is -0.117. The maximum absolute atomic E-state index is 13.4. The normalized spacial score (nSPS) is 13.8. The van der Waals surface area contributed by atoms with Crippen LogP contribution in [0.3, 0.4) is 0 Å². The van der Waals surface area contributed by atoms with E-state index in [2.05, 4.69) is 10.6 Å². The van der Waals surface area contributed by atoms with Crippen LogP contribution in [0.25, 0.3) is 22.3 Å². The molecule has 37 heavy (non-hydrogen) atoms. The second-order valence-corrected chi connectivity index (χ2v) is 9.61. The highest BCUT2D eigenvalue weighted by Gasteiger charge is 2.29. The van der Waals surface area contributed by atoms with E-state index in [1.165, 1.54) is 4.57 Å². The third-order valence-electron chi connectivity index (χ3n) is 6.71. The minimum atomic E-state index is -1.02. The van der Waals surface area contributed by atoms with Crippen molar-refractivity contribution in [3.63, 3.8) is 0 Å². The van der Waals surface area contributed by atoms with E-state index in [0.717, 1.165) is 29.5 Å². The molecule has 1 fully saturated rings. The van der Waals surface area contributed by atoms with Gasteiger partial charge in [0, 0.05) is 35.5 Å². The van der Waals surface area contributed by atoms with E-state index < -0.39 is 5.97 Å². The van der Waals surface area contributed by atoms with Crippen molar-refractivity contribution in [1.82, 2.24) is 9.55 Å². The van der Waals surface area contributed by atoms with Crippen molar-refractivity contribution in [2.45, 2.75) is 32.7 Å². The minimum Gasteiger partial charge on any atom is -0.478 e. The summed E-state index contributed by atoms with van der Waals surface area (Å²) in [6.07, 6.45) is 1.87. The van der Waals surface area contributed by atoms with Crippen molar-refractivity contribution < 1.29 is 14.7 Å². The Morgan fingerprint density at radius 2 is 1.78 bits per heavy atom. The van der Waals surface area contributed by atoms with E-state index in [0.29, 0.717) is 28.1 Å². The average Bonchev–Trinajstić information content (AvgIpc) is 3.73. The van der Waals surface area contributed by atoms with E-state index in [1.54, 1.807) is 31.3 Å².